The normalized spacial score (nSPS) is 19.0. The summed E-state index contributed by atoms with van der Waals surface area (Å²) in [5.41, 5.74) is 0. The molecule has 0 saturated heterocycles. The van der Waals surface area contributed by atoms with E-state index in [-0.39, 0.29) is 0 Å². The Kier molecular flexibility index (Phi) is 3.20. The van der Waals surface area contributed by atoms with Crippen molar-refractivity contribution in [2.75, 3.05) is 0 Å². The van der Waals surface area contributed by atoms with E-state index in [9.17, 15) is 0 Å². The third-order valence-corrected chi connectivity index (χ3v) is 6.65. The van der Waals surface area contributed by atoms with Crippen LogP contribution in [0.5, 0.6) is 0 Å². The average Bonchev–Trinajstić information content (AvgIpc) is 3.33. The topological polar surface area (TPSA) is 30.7 Å². The maximum Gasteiger partial charge on any atom is 0.191 e. The van der Waals surface area contributed by atoms with Crippen molar-refractivity contribution in [2.45, 2.75) is 48.6 Å². The lowest BCUT2D eigenvalue weighted by molar-refractivity contribution is 0.627. The molecule has 0 bridgehead atoms. The molecule has 2 aliphatic carbocycles. The van der Waals surface area contributed by atoms with E-state index < -0.39 is 0 Å². The Labute approximate surface area is 128 Å². The van der Waals surface area contributed by atoms with E-state index >= 15 is 0 Å². The molecule has 0 radical (unpaired) electrons. The second-order valence-corrected chi connectivity index (χ2v) is 7.99. The summed E-state index contributed by atoms with van der Waals surface area (Å²) in [6.07, 6.45) is 5.19. The lowest BCUT2D eigenvalue weighted by atomic mass is 10.4. The van der Waals surface area contributed by atoms with E-state index in [0.717, 1.165) is 10.9 Å². The predicted molar refractivity (Wildman–Crippen MR) is 81.8 cm³/mol. The molecule has 2 aliphatic rings. The van der Waals surface area contributed by atoms with Gasteiger partial charge in [-0.3, -0.25) is 0 Å². The largest absolute Gasteiger partial charge is 0.303 e. The number of nitrogens with zero attached hydrogens (tertiary/aromatic N) is 3. The van der Waals surface area contributed by atoms with Crippen molar-refractivity contribution in [2.24, 2.45) is 0 Å². The third kappa shape index (κ3) is 2.50. The molecule has 2 aromatic rings. The first-order chi connectivity index (χ1) is 9.33. The van der Waals surface area contributed by atoms with Crippen LogP contribution in [0, 0.1) is 0 Å². The number of thiophene rings is 1. The van der Waals surface area contributed by atoms with Crippen LogP contribution in [0.2, 0.25) is 0 Å². The zero-order valence-electron chi connectivity index (χ0n) is 10.4. The molecule has 0 atom stereocenters. The molecule has 0 aliphatic heterocycles. The number of thioether (sulfide) groups is 1. The zero-order chi connectivity index (χ0) is 12.8. The third-order valence-electron chi connectivity index (χ3n) is 3.57. The van der Waals surface area contributed by atoms with Crippen molar-refractivity contribution in [1.82, 2.24) is 14.8 Å². The molecular weight excluding hydrogens is 342 g/mol. The van der Waals surface area contributed by atoms with Gasteiger partial charge in [0.1, 0.15) is 5.82 Å². The minimum Gasteiger partial charge on any atom is -0.303 e. The van der Waals surface area contributed by atoms with Crippen molar-refractivity contribution >= 4 is 39.0 Å². The van der Waals surface area contributed by atoms with Crippen molar-refractivity contribution in [1.29, 1.82) is 0 Å². The standard InChI is InChI=1S/C13H14BrN3S2/c14-10-5-6-18-11(10)7-19-13-16-15-12(8-1-2-8)17(13)9-3-4-9/h5-6,8-9H,1-4,7H2. The van der Waals surface area contributed by atoms with E-state index in [1.165, 1.54) is 40.9 Å². The minimum absolute atomic E-state index is 0.680. The van der Waals surface area contributed by atoms with Crippen LogP contribution in [0.1, 0.15) is 48.3 Å². The molecule has 2 aromatic heterocycles. The smallest absolute Gasteiger partial charge is 0.191 e. The first-order valence-corrected chi connectivity index (χ1v) is 9.28. The molecule has 0 N–H and O–H groups in total. The molecule has 0 amide bonds. The van der Waals surface area contributed by atoms with Crippen LogP contribution >= 0.6 is 39.0 Å². The van der Waals surface area contributed by atoms with Crippen LogP contribution in [0.25, 0.3) is 0 Å². The van der Waals surface area contributed by atoms with Crippen LogP contribution in [-0.4, -0.2) is 14.8 Å². The quantitative estimate of drug-likeness (QED) is 0.733. The highest BCUT2D eigenvalue weighted by molar-refractivity contribution is 9.10. The van der Waals surface area contributed by atoms with Gasteiger partial charge in [0.05, 0.1) is 0 Å². The van der Waals surface area contributed by atoms with Gasteiger partial charge in [0.15, 0.2) is 5.16 Å². The molecule has 100 valence electrons. The summed E-state index contributed by atoms with van der Waals surface area (Å²) in [5.74, 6) is 2.92. The van der Waals surface area contributed by atoms with Gasteiger partial charge in [-0.05, 0) is 53.1 Å². The van der Waals surface area contributed by atoms with Crippen molar-refractivity contribution in [3.63, 3.8) is 0 Å². The summed E-state index contributed by atoms with van der Waals surface area (Å²) in [6.45, 7) is 0. The molecule has 0 aromatic carbocycles. The molecular formula is C13H14BrN3S2. The van der Waals surface area contributed by atoms with E-state index in [1.807, 2.05) is 11.8 Å². The number of hydrogen-bond acceptors (Lipinski definition) is 4. The molecule has 2 heterocycles. The van der Waals surface area contributed by atoms with E-state index in [1.54, 1.807) is 11.3 Å². The number of hydrogen-bond donors (Lipinski definition) is 0. The van der Waals surface area contributed by atoms with Gasteiger partial charge in [-0.15, -0.1) is 21.5 Å². The molecule has 0 spiro atoms. The fourth-order valence-corrected chi connectivity index (χ4v) is 5.05. The number of halogens is 1. The van der Waals surface area contributed by atoms with Crippen LogP contribution in [0.15, 0.2) is 21.1 Å². The molecule has 19 heavy (non-hydrogen) atoms. The molecule has 3 nitrogen and oxygen atoms in total. The van der Waals surface area contributed by atoms with Gasteiger partial charge in [-0.25, -0.2) is 0 Å². The Hall–Kier alpha value is -0.330. The lowest BCUT2D eigenvalue weighted by Crippen LogP contribution is -2.01. The summed E-state index contributed by atoms with van der Waals surface area (Å²) < 4.78 is 3.63. The summed E-state index contributed by atoms with van der Waals surface area (Å²) >= 11 is 7.21. The Bertz CT molecular complexity index is 599. The van der Waals surface area contributed by atoms with Crippen LogP contribution < -0.4 is 0 Å². The number of rotatable bonds is 5. The van der Waals surface area contributed by atoms with Crippen molar-refractivity contribution in [3.05, 3.63) is 26.6 Å². The van der Waals surface area contributed by atoms with Crippen LogP contribution in [0.3, 0.4) is 0 Å². The van der Waals surface area contributed by atoms with Gasteiger partial charge < -0.3 is 4.57 Å². The highest BCUT2D eigenvalue weighted by Gasteiger charge is 2.36. The fraction of sp³-hybridized carbons (Fsp3) is 0.538. The first kappa shape index (κ1) is 12.4. The van der Waals surface area contributed by atoms with Gasteiger partial charge in [-0.2, -0.15) is 0 Å². The second kappa shape index (κ2) is 4.90. The summed E-state index contributed by atoms with van der Waals surface area (Å²) in [6, 6.07) is 2.79. The van der Waals surface area contributed by atoms with Gasteiger partial charge >= 0.3 is 0 Å². The van der Waals surface area contributed by atoms with E-state index in [4.69, 9.17) is 0 Å². The SMILES string of the molecule is Brc1ccsc1CSc1nnc(C2CC2)n1C1CC1. The van der Waals surface area contributed by atoms with Gasteiger partial charge in [0.2, 0.25) is 0 Å². The fourth-order valence-electron chi connectivity index (χ4n) is 2.24. The Morgan fingerprint density at radius 1 is 1.32 bits per heavy atom. The van der Waals surface area contributed by atoms with Crippen LogP contribution in [0.4, 0.5) is 0 Å². The van der Waals surface area contributed by atoms with Crippen molar-refractivity contribution in [3.8, 4) is 0 Å². The van der Waals surface area contributed by atoms with Crippen molar-refractivity contribution < 1.29 is 0 Å². The Morgan fingerprint density at radius 3 is 2.79 bits per heavy atom. The van der Waals surface area contributed by atoms with Crippen LogP contribution in [-0.2, 0) is 5.75 Å². The van der Waals surface area contributed by atoms with Gasteiger partial charge in [-0.1, -0.05) is 11.8 Å². The maximum absolute atomic E-state index is 4.45. The summed E-state index contributed by atoms with van der Waals surface area (Å²) in [5, 5.41) is 12.1. The molecule has 4 rings (SSSR count). The summed E-state index contributed by atoms with van der Waals surface area (Å²) in [4.78, 5) is 1.38. The zero-order valence-corrected chi connectivity index (χ0v) is 13.6. The van der Waals surface area contributed by atoms with E-state index in [2.05, 4.69) is 42.1 Å². The minimum atomic E-state index is 0.680. The van der Waals surface area contributed by atoms with Gasteiger partial charge in [0.25, 0.3) is 0 Å². The maximum atomic E-state index is 4.45. The average molecular weight is 356 g/mol. The molecule has 2 fully saturated rings. The highest BCUT2D eigenvalue weighted by Crippen LogP contribution is 2.46. The monoisotopic (exact) mass is 355 g/mol. The molecule has 2 saturated carbocycles. The molecule has 6 heteroatoms. The predicted octanol–water partition coefficient (Wildman–Crippen LogP) is 4.61. The Balaban J connectivity index is 1.55. The number of aromatic nitrogens is 3. The lowest BCUT2D eigenvalue weighted by Gasteiger charge is -2.07. The van der Waals surface area contributed by atoms with Gasteiger partial charge in [0, 0.05) is 27.1 Å². The van der Waals surface area contributed by atoms with E-state index in [0.29, 0.717) is 12.0 Å². The summed E-state index contributed by atoms with van der Waals surface area (Å²) in [7, 11) is 0. The molecule has 0 unspecified atom stereocenters. The highest BCUT2D eigenvalue weighted by atomic mass is 79.9. The Morgan fingerprint density at radius 2 is 2.16 bits per heavy atom. The second-order valence-electron chi connectivity index (χ2n) is 5.20. The first-order valence-electron chi connectivity index (χ1n) is 6.62.